The summed E-state index contributed by atoms with van der Waals surface area (Å²) < 4.78 is 29.1. The quantitative estimate of drug-likeness (QED) is 0.769. The average molecular weight is 349 g/mol. The van der Waals surface area contributed by atoms with Gasteiger partial charge >= 0.3 is 6.61 Å². The molecule has 0 spiro atoms. The third-order valence-electron chi connectivity index (χ3n) is 3.73. The highest BCUT2D eigenvalue weighted by Crippen LogP contribution is 2.19. The molecule has 0 saturated carbocycles. The first-order chi connectivity index (χ1) is 10.7. The molecule has 0 bridgehead atoms. The molecule has 2 rings (SSSR count). The zero-order chi connectivity index (χ0) is 15.8. The molecule has 1 aromatic rings. The van der Waals surface area contributed by atoms with Crippen LogP contribution in [0.5, 0.6) is 5.75 Å². The number of para-hydroxylation sites is 1. The molecule has 23 heavy (non-hydrogen) atoms. The summed E-state index contributed by atoms with van der Waals surface area (Å²) in [4.78, 5) is 13.7. The molecular weight excluding hydrogens is 326 g/mol. The third-order valence-corrected chi connectivity index (χ3v) is 3.73. The van der Waals surface area contributed by atoms with Crippen molar-refractivity contribution in [3.63, 3.8) is 0 Å². The smallest absolute Gasteiger partial charge is 0.387 e. The summed E-state index contributed by atoms with van der Waals surface area (Å²) in [6.45, 7) is -0.294. The van der Waals surface area contributed by atoms with Gasteiger partial charge in [0, 0.05) is 38.2 Å². The fraction of sp³-hybridized carbons (Fsp3) is 0.562. The van der Waals surface area contributed by atoms with E-state index in [1.54, 1.807) is 18.2 Å². The van der Waals surface area contributed by atoms with E-state index in [2.05, 4.69) is 10.1 Å². The van der Waals surface area contributed by atoms with Gasteiger partial charge in [0.1, 0.15) is 5.75 Å². The maximum absolute atomic E-state index is 12.3. The van der Waals surface area contributed by atoms with Crippen molar-refractivity contribution in [2.45, 2.75) is 38.8 Å². The Balaban J connectivity index is 0.00000264. The van der Waals surface area contributed by atoms with Crippen LogP contribution in [0.15, 0.2) is 24.3 Å². The number of hydrogen-bond acceptors (Lipinski definition) is 3. The topological polar surface area (TPSA) is 41.6 Å². The third kappa shape index (κ3) is 6.71. The maximum atomic E-state index is 12.3. The van der Waals surface area contributed by atoms with E-state index < -0.39 is 6.61 Å². The molecule has 0 aliphatic carbocycles. The van der Waals surface area contributed by atoms with Gasteiger partial charge in [0.2, 0.25) is 5.91 Å². The fourth-order valence-electron chi connectivity index (χ4n) is 2.57. The van der Waals surface area contributed by atoms with Crippen LogP contribution in [-0.4, -0.2) is 37.1 Å². The van der Waals surface area contributed by atoms with Crippen molar-refractivity contribution in [3.8, 4) is 5.75 Å². The second-order valence-corrected chi connectivity index (χ2v) is 5.35. The molecule has 4 nitrogen and oxygen atoms in total. The minimum absolute atomic E-state index is 0. The van der Waals surface area contributed by atoms with Crippen LogP contribution in [0.4, 0.5) is 8.78 Å². The molecule has 1 aliphatic heterocycles. The maximum Gasteiger partial charge on any atom is 0.387 e. The van der Waals surface area contributed by atoms with Crippen LogP contribution < -0.4 is 10.1 Å². The van der Waals surface area contributed by atoms with Gasteiger partial charge in [-0.25, -0.2) is 0 Å². The van der Waals surface area contributed by atoms with Crippen LogP contribution in [0.3, 0.4) is 0 Å². The highest BCUT2D eigenvalue weighted by Gasteiger charge is 2.15. The molecule has 1 aromatic carbocycles. The number of halogens is 3. The molecule has 1 N–H and O–H groups in total. The fourth-order valence-corrected chi connectivity index (χ4v) is 2.57. The summed E-state index contributed by atoms with van der Waals surface area (Å²) in [7, 11) is 0. The van der Waals surface area contributed by atoms with Gasteiger partial charge in [-0.05, 0) is 18.9 Å². The second-order valence-electron chi connectivity index (χ2n) is 5.35. The average Bonchev–Trinajstić information content (AvgIpc) is 2.69. The lowest BCUT2D eigenvalue weighted by Crippen LogP contribution is -2.36. The Hall–Kier alpha value is -1.40. The van der Waals surface area contributed by atoms with E-state index in [1.807, 2.05) is 4.90 Å². The molecule has 0 unspecified atom stereocenters. The summed E-state index contributed by atoms with van der Waals surface area (Å²) in [5.74, 6) is 0.400. The lowest BCUT2D eigenvalue weighted by atomic mass is 10.2. The predicted molar refractivity (Wildman–Crippen MR) is 87.1 cm³/mol. The van der Waals surface area contributed by atoms with Crippen molar-refractivity contribution in [1.29, 1.82) is 0 Å². The van der Waals surface area contributed by atoms with Crippen LogP contribution in [0.25, 0.3) is 0 Å². The van der Waals surface area contributed by atoms with E-state index in [4.69, 9.17) is 0 Å². The number of amides is 1. The van der Waals surface area contributed by atoms with Crippen LogP contribution >= 0.6 is 12.4 Å². The van der Waals surface area contributed by atoms with Crippen molar-refractivity contribution in [2.75, 3.05) is 19.6 Å². The Morgan fingerprint density at radius 1 is 1.22 bits per heavy atom. The van der Waals surface area contributed by atoms with Crippen molar-refractivity contribution < 1.29 is 18.3 Å². The molecule has 1 amide bonds. The van der Waals surface area contributed by atoms with Gasteiger partial charge in [0.05, 0.1) is 0 Å². The Kier molecular flexibility index (Phi) is 8.87. The van der Waals surface area contributed by atoms with E-state index in [-0.39, 0.29) is 24.1 Å². The minimum atomic E-state index is -2.82. The number of likely N-dealkylation sites (tertiary alicyclic amines) is 1. The molecule has 7 heteroatoms. The zero-order valence-electron chi connectivity index (χ0n) is 13.0. The Morgan fingerprint density at radius 2 is 2.00 bits per heavy atom. The van der Waals surface area contributed by atoms with Crippen LogP contribution in [0.1, 0.15) is 31.2 Å². The molecular formula is C16H23ClF2N2O2. The molecule has 1 fully saturated rings. The number of benzene rings is 1. The van der Waals surface area contributed by atoms with Gasteiger partial charge in [0.15, 0.2) is 0 Å². The molecule has 130 valence electrons. The molecule has 0 atom stereocenters. The number of rotatable bonds is 7. The van der Waals surface area contributed by atoms with E-state index in [0.717, 1.165) is 25.8 Å². The van der Waals surface area contributed by atoms with Gasteiger partial charge in [-0.1, -0.05) is 24.6 Å². The second kappa shape index (κ2) is 10.4. The summed E-state index contributed by atoms with van der Waals surface area (Å²) in [6.07, 6.45) is 3.76. The van der Waals surface area contributed by atoms with E-state index >= 15 is 0 Å². The van der Waals surface area contributed by atoms with Gasteiger partial charge in [-0.2, -0.15) is 8.78 Å². The summed E-state index contributed by atoms with van der Waals surface area (Å²) in [6, 6.07) is 6.73. The van der Waals surface area contributed by atoms with Crippen LogP contribution in [0.2, 0.25) is 0 Å². The molecule has 0 radical (unpaired) electrons. The van der Waals surface area contributed by atoms with Gasteiger partial charge in [-0.15, -0.1) is 12.4 Å². The highest BCUT2D eigenvalue weighted by atomic mass is 35.5. The SMILES string of the molecule is Cl.O=C1CCCCCN1CCNCc1ccccc1OC(F)F. The first kappa shape index (κ1) is 19.6. The molecule has 1 aliphatic rings. The van der Waals surface area contributed by atoms with Crippen molar-refractivity contribution >= 4 is 18.3 Å². The van der Waals surface area contributed by atoms with E-state index in [0.29, 0.717) is 31.6 Å². The Morgan fingerprint density at radius 3 is 2.78 bits per heavy atom. The van der Waals surface area contributed by atoms with Crippen molar-refractivity contribution in [3.05, 3.63) is 29.8 Å². The van der Waals surface area contributed by atoms with E-state index in [9.17, 15) is 13.6 Å². The standard InChI is InChI=1S/C16H22F2N2O2.ClH/c17-16(18)22-14-7-4-3-6-13(14)12-19-9-11-20-10-5-1-2-8-15(20)21;/h3-4,6-7,16,19H,1-2,5,8-12H2;1H. The molecule has 1 saturated heterocycles. The number of nitrogens with zero attached hydrogens (tertiary/aromatic N) is 1. The Labute approximate surface area is 141 Å². The zero-order valence-corrected chi connectivity index (χ0v) is 13.8. The van der Waals surface area contributed by atoms with Gasteiger partial charge < -0.3 is 15.0 Å². The number of ether oxygens (including phenoxy) is 1. The van der Waals surface area contributed by atoms with E-state index in [1.165, 1.54) is 6.07 Å². The molecule has 1 heterocycles. The lowest BCUT2D eigenvalue weighted by molar-refractivity contribution is -0.130. The molecule has 0 aromatic heterocycles. The number of carbonyl (C=O) groups is 1. The Bertz CT molecular complexity index is 489. The number of hydrogen-bond donors (Lipinski definition) is 1. The van der Waals surface area contributed by atoms with Gasteiger partial charge in [-0.3, -0.25) is 4.79 Å². The predicted octanol–water partition coefficient (Wildman–Crippen LogP) is 3.20. The first-order valence-corrected chi connectivity index (χ1v) is 7.68. The number of alkyl halides is 2. The van der Waals surface area contributed by atoms with Crippen LogP contribution in [0, 0.1) is 0 Å². The summed E-state index contributed by atoms with van der Waals surface area (Å²) in [5, 5.41) is 3.18. The van der Waals surface area contributed by atoms with Crippen molar-refractivity contribution in [1.82, 2.24) is 10.2 Å². The monoisotopic (exact) mass is 348 g/mol. The van der Waals surface area contributed by atoms with Crippen LogP contribution in [-0.2, 0) is 11.3 Å². The largest absolute Gasteiger partial charge is 0.434 e. The summed E-state index contributed by atoms with van der Waals surface area (Å²) >= 11 is 0. The normalized spacial score (nSPS) is 15.3. The van der Waals surface area contributed by atoms with Crippen molar-refractivity contribution in [2.24, 2.45) is 0 Å². The number of nitrogens with one attached hydrogen (secondary N) is 1. The minimum Gasteiger partial charge on any atom is -0.434 e. The highest BCUT2D eigenvalue weighted by molar-refractivity contribution is 5.85. The first-order valence-electron chi connectivity index (χ1n) is 7.68. The van der Waals surface area contributed by atoms with Gasteiger partial charge in [0.25, 0.3) is 0 Å². The summed E-state index contributed by atoms with van der Waals surface area (Å²) in [5.41, 5.74) is 0.685. The lowest BCUT2D eigenvalue weighted by Gasteiger charge is -2.20. The number of carbonyl (C=O) groups excluding carboxylic acids is 1.